The van der Waals surface area contributed by atoms with Crippen LogP contribution in [0.15, 0.2) is 41.3 Å². The second-order valence-electron chi connectivity index (χ2n) is 7.80. The Labute approximate surface area is 171 Å². The number of carbonyl (C=O) groups is 1. The first-order valence-corrected chi connectivity index (χ1v) is 10.5. The molecule has 4 rings (SSSR count). The first kappa shape index (κ1) is 19.8. The second kappa shape index (κ2) is 9.84. The molecule has 0 spiro atoms. The second-order valence-corrected chi connectivity index (χ2v) is 7.80. The van der Waals surface area contributed by atoms with Crippen LogP contribution in [-0.4, -0.2) is 78.0 Å². The van der Waals surface area contributed by atoms with Gasteiger partial charge < -0.3 is 14.6 Å². The Morgan fingerprint density at radius 2 is 1.79 bits per heavy atom. The summed E-state index contributed by atoms with van der Waals surface area (Å²) in [7, 11) is 0. The third-order valence-corrected chi connectivity index (χ3v) is 5.85. The Hall–Kier alpha value is -2.45. The number of anilines is 1. The van der Waals surface area contributed by atoms with Crippen LogP contribution in [0.4, 0.5) is 5.95 Å². The lowest BCUT2D eigenvalue weighted by Crippen LogP contribution is -2.49. The van der Waals surface area contributed by atoms with E-state index in [1.54, 1.807) is 18.7 Å². The highest BCUT2D eigenvalue weighted by Gasteiger charge is 2.25. The van der Waals surface area contributed by atoms with Crippen molar-refractivity contribution < 1.29 is 9.21 Å². The van der Waals surface area contributed by atoms with Crippen LogP contribution in [0, 0.1) is 5.92 Å². The number of furan rings is 1. The number of amides is 1. The number of carbonyl (C=O) groups excluding carboxylic acids is 1. The van der Waals surface area contributed by atoms with E-state index in [0.717, 1.165) is 76.9 Å². The van der Waals surface area contributed by atoms with Gasteiger partial charge in [0.2, 0.25) is 11.9 Å². The molecule has 29 heavy (non-hydrogen) atoms. The molecule has 156 valence electrons. The number of likely N-dealkylation sites (tertiary alicyclic amines) is 1. The lowest BCUT2D eigenvalue weighted by Gasteiger charge is -2.35. The summed E-state index contributed by atoms with van der Waals surface area (Å²) in [6.45, 7) is 8.13. The summed E-state index contributed by atoms with van der Waals surface area (Å²) in [6.07, 6.45) is 7.12. The van der Waals surface area contributed by atoms with Gasteiger partial charge in [0.15, 0.2) is 0 Å². The van der Waals surface area contributed by atoms with E-state index in [1.165, 1.54) is 0 Å². The van der Waals surface area contributed by atoms with Gasteiger partial charge in [-0.15, -0.1) is 0 Å². The van der Waals surface area contributed by atoms with E-state index < -0.39 is 0 Å². The smallest absolute Gasteiger partial charge is 0.225 e. The summed E-state index contributed by atoms with van der Waals surface area (Å²) in [5.41, 5.74) is 0. The molecule has 0 atom stereocenters. The number of nitrogens with zero attached hydrogens (tertiary/aromatic N) is 5. The number of nitrogens with one attached hydrogen (secondary N) is 1. The molecule has 2 aliphatic rings. The minimum absolute atomic E-state index is 0.134. The molecule has 4 heterocycles. The van der Waals surface area contributed by atoms with Gasteiger partial charge in [0.1, 0.15) is 5.76 Å². The maximum atomic E-state index is 12.5. The molecule has 1 N–H and O–H groups in total. The lowest BCUT2D eigenvalue weighted by molar-refractivity contribution is -0.126. The fraction of sp³-hybridized carbons (Fsp3) is 0.571. The number of piperazine rings is 1. The molecule has 0 saturated carbocycles. The van der Waals surface area contributed by atoms with Crippen LogP contribution in [0.25, 0.3) is 0 Å². The van der Waals surface area contributed by atoms with E-state index in [1.807, 2.05) is 18.2 Å². The SMILES string of the molecule is O=C(NCCN1CCN(c2ncccn2)CC1)C1CCN(Cc2ccco2)CC1. The van der Waals surface area contributed by atoms with Gasteiger partial charge in [-0.25, -0.2) is 9.97 Å². The molecule has 2 fully saturated rings. The molecule has 2 saturated heterocycles. The summed E-state index contributed by atoms with van der Waals surface area (Å²) in [5, 5.41) is 3.15. The standard InChI is InChI=1S/C21H30N6O2/c28-20(18-4-9-26(10-5-18)17-19-3-1-16-29-19)22-8-11-25-12-14-27(15-13-25)21-23-6-2-7-24-21/h1-3,6-7,16,18H,4-5,8-15,17H2,(H,22,28). The van der Waals surface area contributed by atoms with Crippen LogP contribution < -0.4 is 10.2 Å². The van der Waals surface area contributed by atoms with E-state index in [4.69, 9.17) is 4.42 Å². The van der Waals surface area contributed by atoms with Crippen molar-refractivity contribution in [3.05, 3.63) is 42.6 Å². The van der Waals surface area contributed by atoms with E-state index in [0.29, 0.717) is 6.54 Å². The minimum atomic E-state index is 0.134. The van der Waals surface area contributed by atoms with E-state index in [-0.39, 0.29) is 11.8 Å². The average Bonchev–Trinajstić information content (AvgIpc) is 3.28. The van der Waals surface area contributed by atoms with Crippen molar-refractivity contribution in [3.63, 3.8) is 0 Å². The fourth-order valence-electron chi connectivity index (χ4n) is 4.08. The Morgan fingerprint density at radius 3 is 2.48 bits per heavy atom. The van der Waals surface area contributed by atoms with Gasteiger partial charge in [-0.2, -0.15) is 0 Å². The zero-order valence-corrected chi connectivity index (χ0v) is 16.9. The van der Waals surface area contributed by atoms with Crippen LogP contribution in [0.3, 0.4) is 0 Å². The largest absolute Gasteiger partial charge is 0.468 e. The normalized spacial score (nSPS) is 19.4. The highest BCUT2D eigenvalue weighted by molar-refractivity contribution is 5.78. The molecular weight excluding hydrogens is 368 g/mol. The molecule has 0 unspecified atom stereocenters. The Bertz CT molecular complexity index is 738. The molecule has 2 aliphatic heterocycles. The van der Waals surface area contributed by atoms with Crippen molar-refractivity contribution in [1.29, 1.82) is 0 Å². The van der Waals surface area contributed by atoms with Crippen LogP contribution in [0.2, 0.25) is 0 Å². The third kappa shape index (κ3) is 5.55. The number of hydrogen-bond acceptors (Lipinski definition) is 7. The zero-order valence-electron chi connectivity index (χ0n) is 16.9. The first-order valence-electron chi connectivity index (χ1n) is 10.5. The molecule has 8 nitrogen and oxygen atoms in total. The molecule has 0 aromatic carbocycles. The first-order chi connectivity index (χ1) is 14.3. The molecule has 1 amide bonds. The van der Waals surface area contributed by atoms with Crippen molar-refractivity contribution in [1.82, 2.24) is 25.1 Å². The van der Waals surface area contributed by atoms with E-state index in [9.17, 15) is 4.79 Å². The van der Waals surface area contributed by atoms with Crippen molar-refractivity contribution in [3.8, 4) is 0 Å². The molecular formula is C21H30N6O2. The minimum Gasteiger partial charge on any atom is -0.468 e. The van der Waals surface area contributed by atoms with Crippen LogP contribution in [0.1, 0.15) is 18.6 Å². The third-order valence-electron chi connectivity index (χ3n) is 5.85. The number of piperidine rings is 1. The topological polar surface area (TPSA) is 77.7 Å². The summed E-state index contributed by atoms with van der Waals surface area (Å²) in [4.78, 5) is 28.1. The maximum Gasteiger partial charge on any atom is 0.225 e. The predicted octanol–water partition coefficient (Wildman–Crippen LogP) is 1.22. The van der Waals surface area contributed by atoms with Gasteiger partial charge in [-0.3, -0.25) is 14.6 Å². The van der Waals surface area contributed by atoms with Gasteiger partial charge in [-0.1, -0.05) is 0 Å². The van der Waals surface area contributed by atoms with E-state index in [2.05, 4.69) is 30.0 Å². The lowest BCUT2D eigenvalue weighted by atomic mass is 9.96. The quantitative estimate of drug-likeness (QED) is 0.751. The molecule has 0 radical (unpaired) electrons. The molecule has 0 aliphatic carbocycles. The van der Waals surface area contributed by atoms with Gasteiger partial charge >= 0.3 is 0 Å². The van der Waals surface area contributed by atoms with Crippen LogP contribution in [0.5, 0.6) is 0 Å². The molecule has 2 aromatic heterocycles. The Balaban J connectivity index is 1.11. The number of aromatic nitrogens is 2. The van der Waals surface area contributed by atoms with Crippen molar-refractivity contribution in [2.24, 2.45) is 5.92 Å². The average molecular weight is 399 g/mol. The Morgan fingerprint density at radius 1 is 1.03 bits per heavy atom. The summed E-state index contributed by atoms with van der Waals surface area (Å²) in [5.74, 6) is 2.14. The van der Waals surface area contributed by atoms with E-state index >= 15 is 0 Å². The molecule has 2 aromatic rings. The summed E-state index contributed by atoms with van der Waals surface area (Å²) in [6, 6.07) is 5.77. The molecule has 0 bridgehead atoms. The van der Waals surface area contributed by atoms with Gasteiger partial charge in [0.05, 0.1) is 12.8 Å². The highest BCUT2D eigenvalue weighted by atomic mass is 16.3. The van der Waals surface area contributed by atoms with Gasteiger partial charge in [0.25, 0.3) is 0 Å². The van der Waals surface area contributed by atoms with Gasteiger partial charge in [0, 0.05) is 57.6 Å². The summed E-state index contributed by atoms with van der Waals surface area (Å²) < 4.78 is 5.42. The van der Waals surface area contributed by atoms with Crippen LogP contribution >= 0.6 is 0 Å². The van der Waals surface area contributed by atoms with Gasteiger partial charge in [-0.05, 0) is 44.1 Å². The zero-order chi connectivity index (χ0) is 19.9. The maximum absolute atomic E-state index is 12.5. The fourth-order valence-corrected chi connectivity index (χ4v) is 4.08. The van der Waals surface area contributed by atoms with Crippen molar-refractivity contribution in [2.45, 2.75) is 19.4 Å². The van der Waals surface area contributed by atoms with Crippen molar-refractivity contribution >= 4 is 11.9 Å². The summed E-state index contributed by atoms with van der Waals surface area (Å²) >= 11 is 0. The van der Waals surface area contributed by atoms with Crippen molar-refractivity contribution in [2.75, 3.05) is 57.3 Å². The molecule has 8 heteroatoms. The van der Waals surface area contributed by atoms with Crippen LogP contribution in [-0.2, 0) is 11.3 Å². The number of hydrogen-bond donors (Lipinski definition) is 1. The number of rotatable bonds is 7. The highest BCUT2D eigenvalue weighted by Crippen LogP contribution is 2.19. The predicted molar refractivity (Wildman–Crippen MR) is 110 cm³/mol. The Kier molecular flexibility index (Phi) is 6.74. The monoisotopic (exact) mass is 398 g/mol.